The zero-order valence-corrected chi connectivity index (χ0v) is 15.4. The van der Waals surface area contributed by atoms with Gasteiger partial charge in [0, 0.05) is 30.8 Å². The molecule has 28 heavy (non-hydrogen) atoms. The summed E-state index contributed by atoms with van der Waals surface area (Å²) in [7, 11) is 1.56. The SMILES string of the molecule is COc1ccccc1CC(=O)NC1CCN(c2cc(C(F)(F)F)ncn2)CC1. The van der Waals surface area contributed by atoms with Gasteiger partial charge in [-0.2, -0.15) is 13.2 Å². The molecule has 0 atom stereocenters. The van der Waals surface area contributed by atoms with Crippen LogP contribution in [0.2, 0.25) is 0 Å². The van der Waals surface area contributed by atoms with E-state index in [0.29, 0.717) is 31.7 Å². The molecule has 1 N–H and O–H groups in total. The van der Waals surface area contributed by atoms with Gasteiger partial charge in [0.2, 0.25) is 5.91 Å². The highest BCUT2D eigenvalue weighted by atomic mass is 19.4. The van der Waals surface area contributed by atoms with Gasteiger partial charge in [-0.25, -0.2) is 9.97 Å². The first-order chi connectivity index (χ1) is 13.4. The van der Waals surface area contributed by atoms with Crippen LogP contribution >= 0.6 is 0 Å². The molecule has 0 radical (unpaired) electrons. The molecule has 1 amide bonds. The van der Waals surface area contributed by atoms with Crippen LogP contribution in [0.3, 0.4) is 0 Å². The number of ether oxygens (including phenoxy) is 1. The standard InChI is InChI=1S/C19H21F3N4O2/c1-28-15-5-3-2-4-13(15)10-18(27)25-14-6-8-26(9-7-14)17-11-16(19(20,21)22)23-12-24-17/h2-5,11-12,14H,6-10H2,1H3,(H,25,27). The number of carbonyl (C=O) groups is 1. The molecule has 1 aliphatic heterocycles. The topological polar surface area (TPSA) is 67.3 Å². The first-order valence-corrected chi connectivity index (χ1v) is 8.92. The number of nitrogens with zero attached hydrogens (tertiary/aromatic N) is 3. The summed E-state index contributed by atoms with van der Waals surface area (Å²) in [5.74, 6) is 0.808. The van der Waals surface area contributed by atoms with Gasteiger partial charge in [-0.1, -0.05) is 18.2 Å². The monoisotopic (exact) mass is 394 g/mol. The van der Waals surface area contributed by atoms with Gasteiger partial charge in [0.05, 0.1) is 13.5 Å². The summed E-state index contributed by atoms with van der Waals surface area (Å²) < 4.78 is 43.7. The lowest BCUT2D eigenvalue weighted by molar-refractivity contribution is -0.141. The number of piperidine rings is 1. The van der Waals surface area contributed by atoms with Gasteiger partial charge >= 0.3 is 6.18 Å². The predicted molar refractivity (Wildman–Crippen MR) is 97.1 cm³/mol. The Balaban J connectivity index is 1.54. The lowest BCUT2D eigenvalue weighted by Gasteiger charge is -2.33. The molecule has 3 rings (SSSR count). The third-order valence-electron chi connectivity index (χ3n) is 4.67. The van der Waals surface area contributed by atoms with E-state index in [1.54, 1.807) is 18.1 Å². The Morgan fingerprint density at radius 3 is 2.64 bits per heavy atom. The maximum Gasteiger partial charge on any atom is 0.433 e. The van der Waals surface area contributed by atoms with Crippen LogP contribution in [-0.4, -0.2) is 42.1 Å². The van der Waals surface area contributed by atoms with Crippen LogP contribution in [0.15, 0.2) is 36.7 Å². The number of alkyl halides is 3. The third-order valence-corrected chi connectivity index (χ3v) is 4.67. The van der Waals surface area contributed by atoms with Crippen molar-refractivity contribution < 1.29 is 22.7 Å². The Hall–Kier alpha value is -2.84. The van der Waals surface area contributed by atoms with E-state index < -0.39 is 11.9 Å². The Morgan fingerprint density at radius 1 is 1.25 bits per heavy atom. The predicted octanol–water partition coefficient (Wildman–Crippen LogP) is 2.83. The molecule has 150 valence electrons. The van der Waals surface area contributed by atoms with E-state index in [1.807, 2.05) is 18.2 Å². The van der Waals surface area contributed by atoms with Gasteiger partial charge in [-0.05, 0) is 18.9 Å². The summed E-state index contributed by atoms with van der Waals surface area (Å²) in [5.41, 5.74) is -0.148. The Labute approximate surface area is 160 Å². The summed E-state index contributed by atoms with van der Waals surface area (Å²) in [6, 6.07) is 8.27. The molecule has 1 aliphatic rings. The van der Waals surface area contributed by atoms with E-state index in [-0.39, 0.29) is 24.2 Å². The molecule has 0 aliphatic carbocycles. The average molecular weight is 394 g/mol. The summed E-state index contributed by atoms with van der Waals surface area (Å²) in [6.07, 6.45) is -2.10. The van der Waals surface area contributed by atoms with Crippen LogP contribution in [0.4, 0.5) is 19.0 Å². The van der Waals surface area contributed by atoms with Crippen LogP contribution in [0.5, 0.6) is 5.75 Å². The van der Waals surface area contributed by atoms with E-state index in [1.165, 1.54) is 0 Å². The van der Waals surface area contributed by atoms with Crippen LogP contribution in [0.25, 0.3) is 0 Å². The van der Waals surface area contributed by atoms with Crippen molar-refractivity contribution in [2.24, 2.45) is 0 Å². The number of para-hydroxylation sites is 1. The number of methoxy groups -OCH3 is 1. The fourth-order valence-electron chi connectivity index (χ4n) is 3.23. The molecule has 1 aromatic heterocycles. The third kappa shape index (κ3) is 4.90. The van der Waals surface area contributed by atoms with E-state index in [0.717, 1.165) is 18.0 Å². The van der Waals surface area contributed by atoms with Gasteiger partial charge in [0.1, 0.15) is 23.6 Å². The summed E-state index contributed by atoms with van der Waals surface area (Å²) in [5, 5.41) is 2.99. The largest absolute Gasteiger partial charge is 0.496 e. The molecule has 1 aromatic carbocycles. The molecule has 1 saturated heterocycles. The maximum absolute atomic E-state index is 12.8. The first-order valence-electron chi connectivity index (χ1n) is 8.92. The lowest BCUT2D eigenvalue weighted by Crippen LogP contribution is -2.45. The van der Waals surface area contributed by atoms with Crippen LogP contribution in [0, 0.1) is 0 Å². The van der Waals surface area contributed by atoms with Gasteiger partial charge in [-0.3, -0.25) is 4.79 Å². The molecule has 1 fully saturated rings. The number of halogens is 3. The average Bonchev–Trinajstić information content (AvgIpc) is 2.68. The number of nitrogens with one attached hydrogen (secondary N) is 1. The molecule has 0 saturated carbocycles. The highest BCUT2D eigenvalue weighted by Crippen LogP contribution is 2.29. The van der Waals surface area contributed by atoms with Gasteiger partial charge in [0.15, 0.2) is 0 Å². The van der Waals surface area contributed by atoms with Gasteiger partial charge in [-0.15, -0.1) is 0 Å². The first kappa shape index (κ1) is 19.9. The number of aromatic nitrogens is 2. The minimum atomic E-state index is -4.50. The van der Waals surface area contributed by atoms with E-state index >= 15 is 0 Å². The maximum atomic E-state index is 12.8. The second kappa shape index (κ2) is 8.45. The van der Waals surface area contributed by atoms with Crippen molar-refractivity contribution in [3.8, 4) is 5.75 Å². The molecule has 6 nitrogen and oxygen atoms in total. The molecule has 9 heteroatoms. The van der Waals surface area contributed by atoms with E-state index in [4.69, 9.17) is 4.74 Å². The smallest absolute Gasteiger partial charge is 0.433 e. The summed E-state index contributed by atoms with van der Waals surface area (Å²) >= 11 is 0. The fourth-order valence-corrected chi connectivity index (χ4v) is 3.23. The lowest BCUT2D eigenvalue weighted by atomic mass is 10.0. The number of amides is 1. The highest BCUT2D eigenvalue weighted by molar-refractivity contribution is 5.79. The molecular weight excluding hydrogens is 373 g/mol. The second-order valence-corrected chi connectivity index (χ2v) is 6.58. The molecular formula is C19H21F3N4O2. The van der Waals surface area contributed by atoms with Crippen LogP contribution in [-0.2, 0) is 17.4 Å². The van der Waals surface area contributed by atoms with Crippen LogP contribution in [0.1, 0.15) is 24.1 Å². The number of hydrogen-bond acceptors (Lipinski definition) is 5. The zero-order valence-electron chi connectivity index (χ0n) is 15.4. The Kier molecular flexibility index (Phi) is 6.01. The van der Waals surface area contributed by atoms with Gasteiger partial charge in [0.25, 0.3) is 0 Å². The Bertz CT molecular complexity index is 821. The molecule has 0 unspecified atom stereocenters. The van der Waals surface area contributed by atoms with E-state index in [9.17, 15) is 18.0 Å². The van der Waals surface area contributed by atoms with Crippen LogP contribution < -0.4 is 15.0 Å². The Morgan fingerprint density at radius 2 is 1.96 bits per heavy atom. The van der Waals surface area contributed by atoms with Crippen molar-refractivity contribution in [3.63, 3.8) is 0 Å². The number of hydrogen-bond donors (Lipinski definition) is 1. The molecule has 2 heterocycles. The minimum Gasteiger partial charge on any atom is -0.496 e. The fraction of sp³-hybridized carbons (Fsp3) is 0.421. The summed E-state index contributed by atoms with van der Waals surface area (Å²) in [4.78, 5) is 21.3. The number of anilines is 1. The summed E-state index contributed by atoms with van der Waals surface area (Å²) in [6.45, 7) is 1.02. The number of carbonyl (C=O) groups excluding carboxylic acids is 1. The molecule has 2 aromatic rings. The van der Waals surface area contributed by atoms with Crippen molar-refractivity contribution in [3.05, 3.63) is 47.9 Å². The van der Waals surface area contributed by atoms with Crippen molar-refractivity contribution in [2.75, 3.05) is 25.1 Å². The van der Waals surface area contributed by atoms with Crippen molar-refractivity contribution in [1.29, 1.82) is 0 Å². The van der Waals surface area contributed by atoms with Gasteiger partial charge < -0.3 is 15.0 Å². The zero-order chi connectivity index (χ0) is 20.1. The van der Waals surface area contributed by atoms with Crippen molar-refractivity contribution in [1.82, 2.24) is 15.3 Å². The number of benzene rings is 1. The minimum absolute atomic E-state index is 0.0256. The molecule has 0 spiro atoms. The van der Waals surface area contributed by atoms with E-state index in [2.05, 4.69) is 15.3 Å². The quantitative estimate of drug-likeness (QED) is 0.845. The van der Waals surface area contributed by atoms with Crippen molar-refractivity contribution in [2.45, 2.75) is 31.5 Å². The highest BCUT2D eigenvalue weighted by Gasteiger charge is 2.33. The van der Waals surface area contributed by atoms with Crippen molar-refractivity contribution >= 4 is 11.7 Å². The normalized spacial score (nSPS) is 15.4. The molecule has 0 bridgehead atoms. The number of rotatable bonds is 5. The second-order valence-electron chi connectivity index (χ2n) is 6.58.